The average Bonchev–Trinajstić information content (AvgIpc) is 2.93. The van der Waals surface area contributed by atoms with Crippen LogP contribution in [0.25, 0.3) is 0 Å². The van der Waals surface area contributed by atoms with Crippen LogP contribution in [0.3, 0.4) is 0 Å². The Morgan fingerprint density at radius 3 is 3.04 bits per heavy atom. The van der Waals surface area contributed by atoms with E-state index in [0.717, 1.165) is 24.2 Å². The second kappa shape index (κ2) is 6.78. The first-order chi connectivity index (χ1) is 11.1. The second-order valence-electron chi connectivity index (χ2n) is 5.77. The van der Waals surface area contributed by atoms with Crippen LogP contribution in [0, 0.1) is 6.92 Å². The summed E-state index contributed by atoms with van der Waals surface area (Å²) in [6.07, 6.45) is 5.05. The van der Waals surface area contributed by atoms with Gasteiger partial charge in [-0.05, 0) is 31.9 Å². The van der Waals surface area contributed by atoms with Crippen LogP contribution in [0.15, 0.2) is 30.7 Å². The third kappa shape index (κ3) is 3.87. The lowest BCUT2D eigenvalue weighted by molar-refractivity contribution is -0.00151. The molecule has 1 aliphatic heterocycles. The number of anilines is 1. The minimum Gasteiger partial charge on any atom is -0.372 e. The summed E-state index contributed by atoms with van der Waals surface area (Å²) in [5.41, 5.74) is 1.89. The minimum absolute atomic E-state index is 0.0429. The smallest absolute Gasteiger partial charge is 0.320 e. The maximum atomic E-state index is 12.1. The number of aryl methyl sites for hydroxylation is 2. The highest BCUT2D eigenvalue weighted by Crippen LogP contribution is 2.27. The molecule has 0 aliphatic carbocycles. The zero-order valence-electron chi connectivity index (χ0n) is 13.3. The standard InChI is InChI=1S/C16H21N5O2/c1-11-4-3-5-15(18-11)20-16(22)19-12-6-7-23-14(8-12)13-9-17-10-21(13)2/h3-5,9-10,12,14H,6-8H2,1-2H3,(H2,18,19,20,22)/t12-,14+/m1/s1. The molecular formula is C16H21N5O2. The topological polar surface area (TPSA) is 81.1 Å². The van der Waals surface area contributed by atoms with E-state index in [0.29, 0.717) is 12.4 Å². The van der Waals surface area contributed by atoms with E-state index in [4.69, 9.17) is 4.74 Å². The summed E-state index contributed by atoms with van der Waals surface area (Å²) >= 11 is 0. The van der Waals surface area contributed by atoms with Crippen LogP contribution in [-0.4, -0.2) is 33.2 Å². The highest BCUT2D eigenvalue weighted by atomic mass is 16.5. The molecule has 7 nitrogen and oxygen atoms in total. The molecule has 3 heterocycles. The predicted octanol–water partition coefficient (Wildman–Crippen LogP) is 2.17. The number of nitrogens with zero attached hydrogens (tertiary/aromatic N) is 3. The first kappa shape index (κ1) is 15.5. The molecule has 7 heteroatoms. The summed E-state index contributed by atoms with van der Waals surface area (Å²) in [5.74, 6) is 0.553. The largest absolute Gasteiger partial charge is 0.372 e. The number of pyridine rings is 1. The summed E-state index contributed by atoms with van der Waals surface area (Å²) in [6.45, 7) is 2.50. The highest BCUT2D eigenvalue weighted by Gasteiger charge is 2.26. The van der Waals surface area contributed by atoms with E-state index >= 15 is 0 Å². The van der Waals surface area contributed by atoms with Crippen LogP contribution in [0.4, 0.5) is 10.6 Å². The molecule has 3 rings (SSSR count). The molecule has 0 spiro atoms. The zero-order valence-corrected chi connectivity index (χ0v) is 13.3. The van der Waals surface area contributed by atoms with Gasteiger partial charge in [0.25, 0.3) is 0 Å². The summed E-state index contributed by atoms with van der Waals surface area (Å²) in [7, 11) is 1.94. The van der Waals surface area contributed by atoms with Crippen molar-refractivity contribution in [2.75, 3.05) is 11.9 Å². The van der Waals surface area contributed by atoms with Crippen LogP contribution in [-0.2, 0) is 11.8 Å². The maximum Gasteiger partial charge on any atom is 0.320 e. The van der Waals surface area contributed by atoms with Crippen molar-refractivity contribution < 1.29 is 9.53 Å². The lowest BCUT2D eigenvalue weighted by atomic mass is 10.0. The van der Waals surface area contributed by atoms with Crippen molar-refractivity contribution >= 4 is 11.8 Å². The summed E-state index contributed by atoms with van der Waals surface area (Å²) in [5, 5.41) is 5.77. The number of carbonyl (C=O) groups excluding carboxylic acids is 1. The van der Waals surface area contributed by atoms with Crippen molar-refractivity contribution in [3.8, 4) is 0 Å². The van der Waals surface area contributed by atoms with Crippen molar-refractivity contribution in [3.05, 3.63) is 42.1 Å². The number of ether oxygens (including phenoxy) is 1. The van der Waals surface area contributed by atoms with Crippen LogP contribution in [0.1, 0.15) is 30.3 Å². The van der Waals surface area contributed by atoms with Gasteiger partial charge in [0.1, 0.15) is 11.9 Å². The van der Waals surface area contributed by atoms with E-state index < -0.39 is 0 Å². The van der Waals surface area contributed by atoms with Crippen molar-refractivity contribution in [1.29, 1.82) is 0 Å². The molecule has 1 aliphatic rings. The molecule has 2 aromatic rings. The number of urea groups is 1. The number of amides is 2. The van der Waals surface area contributed by atoms with Gasteiger partial charge in [-0.25, -0.2) is 14.8 Å². The maximum absolute atomic E-state index is 12.1. The van der Waals surface area contributed by atoms with Crippen LogP contribution in [0.2, 0.25) is 0 Å². The van der Waals surface area contributed by atoms with Gasteiger partial charge in [-0.2, -0.15) is 0 Å². The third-order valence-electron chi connectivity index (χ3n) is 3.93. The Bertz CT molecular complexity index is 685. The first-order valence-corrected chi connectivity index (χ1v) is 7.71. The van der Waals surface area contributed by atoms with Crippen LogP contribution < -0.4 is 10.6 Å². The Kier molecular flexibility index (Phi) is 4.57. The van der Waals surface area contributed by atoms with Crippen molar-refractivity contribution in [3.63, 3.8) is 0 Å². The Labute approximate surface area is 135 Å². The quantitative estimate of drug-likeness (QED) is 0.909. The van der Waals surface area contributed by atoms with Crippen molar-refractivity contribution in [2.24, 2.45) is 7.05 Å². The van der Waals surface area contributed by atoms with Crippen molar-refractivity contribution in [1.82, 2.24) is 19.9 Å². The van der Waals surface area contributed by atoms with Gasteiger partial charge < -0.3 is 14.6 Å². The lowest BCUT2D eigenvalue weighted by Crippen LogP contribution is -2.42. The fourth-order valence-corrected chi connectivity index (χ4v) is 2.76. The van der Waals surface area contributed by atoms with E-state index in [1.807, 2.05) is 36.9 Å². The number of hydrogen-bond acceptors (Lipinski definition) is 4. The number of carbonyl (C=O) groups is 1. The fraction of sp³-hybridized carbons (Fsp3) is 0.438. The van der Waals surface area contributed by atoms with Gasteiger partial charge in [0, 0.05) is 25.4 Å². The van der Waals surface area contributed by atoms with Gasteiger partial charge in [-0.15, -0.1) is 0 Å². The number of hydrogen-bond donors (Lipinski definition) is 2. The van der Waals surface area contributed by atoms with E-state index in [1.165, 1.54) is 0 Å². The number of aromatic nitrogens is 3. The Balaban J connectivity index is 1.57. The van der Waals surface area contributed by atoms with E-state index in [-0.39, 0.29) is 18.2 Å². The summed E-state index contributed by atoms with van der Waals surface area (Å²) in [6, 6.07) is 5.35. The molecule has 0 bridgehead atoms. The molecule has 122 valence electrons. The lowest BCUT2D eigenvalue weighted by Gasteiger charge is -2.30. The molecule has 2 N–H and O–H groups in total. The van der Waals surface area contributed by atoms with E-state index in [2.05, 4.69) is 20.6 Å². The number of rotatable bonds is 3. The molecule has 0 aromatic carbocycles. The second-order valence-corrected chi connectivity index (χ2v) is 5.77. The van der Waals surface area contributed by atoms with Gasteiger partial charge in [0.2, 0.25) is 0 Å². The Morgan fingerprint density at radius 1 is 1.43 bits per heavy atom. The molecule has 2 amide bonds. The van der Waals surface area contributed by atoms with Gasteiger partial charge in [0.15, 0.2) is 0 Å². The van der Waals surface area contributed by atoms with Crippen LogP contribution >= 0.6 is 0 Å². The Hall–Kier alpha value is -2.41. The van der Waals surface area contributed by atoms with E-state index in [1.54, 1.807) is 12.4 Å². The molecule has 0 saturated carbocycles. The van der Waals surface area contributed by atoms with Gasteiger partial charge in [-0.1, -0.05) is 6.07 Å². The Morgan fingerprint density at radius 2 is 2.30 bits per heavy atom. The van der Waals surface area contributed by atoms with Gasteiger partial charge >= 0.3 is 6.03 Å². The monoisotopic (exact) mass is 315 g/mol. The van der Waals surface area contributed by atoms with Gasteiger partial charge in [0.05, 0.1) is 18.2 Å². The SMILES string of the molecule is Cc1cccc(NC(=O)N[C@@H]2CCO[C@H](c3cncn3C)C2)n1. The van der Waals surface area contributed by atoms with Crippen LogP contribution in [0.5, 0.6) is 0 Å². The molecule has 23 heavy (non-hydrogen) atoms. The summed E-state index contributed by atoms with van der Waals surface area (Å²) < 4.78 is 7.75. The number of imidazole rings is 1. The highest BCUT2D eigenvalue weighted by molar-refractivity contribution is 5.88. The molecule has 2 aromatic heterocycles. The minimum atomic E-state index is -0.237. The molecule has 2 atom stereocenters. The number of nitrogens with one attached hydrogen (secondary N) is 2. The molecule has 0 radical (unpaired) electrons. The first-order valence-electron chi connectivity index (χ1n) is 7.71. The predicted molar refractivity (Wildman–Crippen MR) is 86.1 cm³/mol. The zero-order chi connectivity index (χ0) is 16.2. The molecule has 1 saturated heterocycles. The van der Waals surface area contributed by atoms with Crippen molar-refractivity contribution in [2.45, 2.75) is 31.9 Å². The third-order valence-corrected chi connectivity index (χ3v) is 3.93. The van der Waals surface area contributed by atoms with E-state index in [9.17, 15) is 4.79 Å². The normalized spacial score (nSPS) is 21.0. The average molecular weight is 315 g/mol. The molecule has 1 fully saturated rings. The van der Waals surface area contributed by atoms with Gasteiger partial charge in [-0.3, -0.25) is 5.32 Å². The summed E-state index contributed by atoms with van der Waals surface area (Å²) in [4.78, 5) is 20.5. The fourth-order valence-electron chi connectivity index (χ4n) is 2.76. The molecule has 0 unspecified atom stereocenters. The molecular weight excluding hydrogens is 294 g/mol.